The first kappa shape index (κ1) is 12.8. The Labute approximate surface area is 128 Å². The molecule has 1 aliphatic rings. The minimum Gasteiger partial charge on any atom is -0.293 e. The van der Waals surface area contributed by atoms with E-state index in [1.165, 1.54) is 27.5 Å². The van der Waals surface area contributed by atoms with Gasteiger partial charge in [-0.15, -0.1) is 11.3 Å². The van der Waals surface area contributed by atoms with Gasteiger partial charge >= 0.3 is 0 Å². The van der Waals surface area contributed by atoms with Gasteiger partial charge in [0.2, 0.25) is 0 Å². The van der Waals surface area contributed by atoms with Crippen LogP contribution in [0.5, 0.6) is 0 Å². The number of fused-ring (bicyclic) bond motifs is 2. The van der Waals surface area contributed by atoms with Crippen molar-refractivity contribution in [2.45, 2.75) is 20.3 Å². The second-order valence-electron chi connectivity index (χ2n) is 6.37. The Kier molecular flexibility index (Phi) is 2.61. The third-order valence-corrected chi connectivity index (χ3v) is 5.43. The molecule has 1 aromatic heterocycles. The van der Waals surface area contributed by atoms with Crippen molar-refractivity contribution in [3.63, 3.8) is 0 Å². The van der Waals surface area contributed by atoms with Crippen LogP contribution in [0.1, 0.15) is 29.1 Å². The highest BCUT2D eigenvalue weighted by Crippen LogP contribution is 2.45. The number of rotatable bonds is 1. The minimum atomic E-state index is -0.248. The fraction of sp³-hybridized carbons (Fsp3) is 0.211. The average Bonchev–Trinajstić information content (AvgIpc) is 2.97. The van der Waals surface area contributed by atoms with E-state index < -0.39 is 0 Å². The van der Waals surface area contributed by atoms with Crippen molar-refractivity contribution >= 4 is 27.9 Å². The lowest BCUT2D eigenvalue weighted by Gasteiger charge is -2.14. The quantitative estimate of drug-likeness (QED) is 0.592. The summed E-state index contributed by atoms with van der Waals surface area (Å²) in [5.74, 6) is 0.300. The number of carbonyl (C=O) groups is 1. The predicted molar refractivity (Wildman–Crippen MR) is 89.1 cm³/mol. The maximum absolute atomic E-state index is 12.4. The molecule has 0 saturated carbocycles. The van der Waals surface area contributed by atoms with Crippen LogP contribution in [-0.2, 0) is 6.42 Å². The Hall–Kier alpha value is -1.93. The monoisotopic (exact) mass is 292 g/mol. The number of thiophene rings is 1. The number of carbonyl (C=O) groups excluding carboxylic acids is 1. The lowest BCUT2D eigenvalue weighted by atomic mass is 9.88. The average molecular weight is 292 g/mol. The molecule has 0 amide bonds. The molecule has 1 aliphatic carbocycles. The first-order chi connectivity index (χ1) is 10.1. The fourth-order valence-electron chi connectivity index (χ4n) is 3.26. The molecule has 2 aromatic carbocycles. The van der Waals surface area contributed by atoms with Gasteiger partial charge in [-0.05, 0) is 39.3 Å². The summed E-state index contributed by atoms with van der Waals surface area (Å²) in [6.45, 7) is 4.10. The van der Waals surface area contributed by atoms with Crippen LogP contribution in [0.25, 0.3) is 21.9 Å². The van der Waals surface area contributed by atoms with Crippen molar-refractivity contribution in [3.05, 3.63) is 58.3 Å². The zero-order valence-corrected chi connectivity index (χ0v) is 13.0. The largest absolute Gasteiger partial charge is 0.293 e. The summed E-state index contributed by atoms with van der Waals surface area (Å²) in [5, 5.41) is 4.66. The van der Waals surface area contributed by atoms with E-state index in [1.807, 2.05) is 0 Å². The zero-order valence-electron chi connectivity index (χ0n) is 12.1. The Balaban J connectivity index is 1.97. The topological polar surface area (TPSA) is 17.1 Å². The lowest BCUT2D eigenvalue weighted by Crippen LogP contribution is -2.18. The van der Waals surface area contributed by atoms with Crippen molar-refractivity contribution in [1.82, 2.24) is 0 Å². The van der Waals surface area contributed by atoms with Gasteiger partial charge in [0.25, 0.3) is 0 Å². The van der Waals surface area contributed by atoms with Gasteiger partial charge in [0.1, 0.15) is 0 Å². The van der Waals surface area contributed by atoms with Gasteiger partial charge in [0, 0.05) is 5.41 Å². The van der Waals surface area contributed by atoms with Gasteiger partial charge < -0.3 is 0 Å². The maximum Gasteiger partial charge on any atom is 0.178 e. The van der Waals surface area contributed by atoms with Crippen LogP contribution < -0.4 is 0 Å². The highest BCUT2D eigenvalue weighted by molar-refractivity contribution is 7.13. The SMILES string of the molecule is CC1(C)Cc2c(-c3cccc4ccccc34)csc2C1=O. The number of hydrogen-bond donors (Lipinski definition) is 0. The van der Waals surface area contributed by atoms with Gasteiger partial charge in [0.15, 0.2) is 5.78 Å². The molecular formula is C19H16OS. The molecule has 0 spiro atoms. The highest BCUT2D eigenvalue weighted by atomic mass is 32.1. The molecule has 0 unspecified atom stereocenters. The van der Waals surface area contributed by atoms with E-state index >= 15 is 0 Å². The molecule has 0 bridgehead atoms. The van der Waals surface area contributed by atoms with E-state index in [9.17, 15) is 4.79 Å². The molecule has 3 aromatic rings. The minimum absolute atomic E-state index is 0.248. The van der Waals surface area contributed by atoms with E-state index in [4.69, 9.17) is 0 Å². The molecule has 0 saturated heterocycles. The summed E-state index contributed by atoms with van der Waals surface area (Å²) in [7, 11) is 0. The molecule has 0 fully saturated rings. The Bertz CT molecular complexity index is 865. The van der Waals surface area contributed by atoms with Crippen molar-refractivity contribution in [3.8, 4) is 11.1 Å². The standard InChI is InChI=1S/C19H16OS/c1-19(2)10-15-16(11-21-17(15)18(19)20)14-9-5-7-12-6-3-4-8-13(12)14/h3-9,11H,10H2,1-2H3. The van der Waals surface area contributed by atoms with Crippen molar-refractivity contribution < 1.29 is 4.79 Å². The molecule has 0 radical (unpaired) electrons. The molecule has 104 valence electrons. The molecule has 1 heterocycles. The van der Waals surface area contributed by atoms with Gasteiger partial charge in [-0.3, -0.25) is 4.79 Å². The summed E-state index contributed by atoms with van der Waals surface area (Å²) < 4.78 is 0. The number of Topliss-reactive ketones (excluding diaryl/α,β-unsaturated/α-hetero) is 1. The van der Waals surface area contributed by atoms with Crippen LogP contribution in [0.4, 0.5) is 0 Å². The van der Waals surface area contributed by atoms with E-state index in [1.54, 1.807) is 11.3 Å². The number of benzene rings is 2. The summed E-state index contributed by atoms with van der Waals surface area (Å²) in [5.41, 5.74) is 3.48. The Morgan fingerprint density at radius 2 is 1.76 bits per heavy atom. The second-order valence-corrected chi connectivity index (χ2v) is 7.25. The van der Waals surface area contributed by atoms with E-state index in [0.29, 0.717) is 5.78 Å². The van der Waals surface area contributed by atoms with Crippen molar-refractivity contribution in [2.24, 2.45) is 5.41 Å². The normalized spacial score (nSPS) is 16.4. The number of hydrogen-bond acceptors (Lipinski definition) is 2. The third kappa shape index (κ3) is 1.79. The molecule has 0 aliphatic heterocycles. The van der Waals surface area contributed by atoms with Crippen LogP contribution in [0, 0.1) is 5.41 Å². The lowest BCUT2D eigenvalue weighted by molar-refractivity contribution is 0.0867. The predicted octanol–water partition coefficient (Wildman–Crippen LogP) is 5.33. The van der Waals surface area contributed by atoms with E-state index in [-0.39, 0.29) is 5.41 Å². The van der Waals surface area contributed by atoms with Crippen molar-refractivity contribution in [1.29, 1.82) is 0 Å². The van der Waals surface area contributed by atoms with Gasteiger partial charge in [-0.1, -0.05) is 56.3 Å². The zero-order chi connectivity index (χ0) is 14.6. The van der Waals surface area contributed by atoms with Crippen LogP contribution in [0.3, 0.4) is 0 Å². The Morgan fingerprint density at radius 1 is 1.00 bits per heavy atom. The fourth-order valence-corrected chi connectivity index (χ4v) is 4.48. The van der Waals surface area contributed by atoms with Crippen LogP contribution >= 0.6 is 11.3 Å². The van der Waals surface area contributed by atoms with Crippen LogP contribution in [-0.4, -0.2) is 5.78 Å². The summed E-state index contributed by atoms with van der Waals surface area (Å²) in [4.78, 5) is 13.4. The summed E-state index contributed by atoms with van der Waals surface area (Å²) in [6, 6.07) is 14.9. The van der Waals surface area contributed by atoms with Crippen molar-refractivity contribution in [2.75, 3.05) is 0 Å². The first-order valence-electron chi connectivity index (χ1n) is 7.21. The molecule has 1 nitrogen and oxygen atoms in total. The van der Waals surface area contributed by atoms with Crippen LogP contribution in [0.2, 0.25) is 0 Å². The molecular weight excluding hydrogens is 276 g/mol. The molecule has 4 rings (SSSR count). The summed E-state index contributed by atoms with van der Waals surface area (Å²) in [6.07, 6.45) is 0.850. The maximum atomic E-state index is 12.4. The van der Waals surface area contributed by atoms with Crippen LogP contribution in [0.15, 0.2) is 47.8 Å². The highest BCUT2D eigenvalue weighted by Gasteiger charge is 2.40. The smallest absolute Gasteiger partial charge is 0.178 e. The molecule has 21 heavy (non-hydrogen) atoms. The van der Waals surface area contributed by atoms with Gasteiger partial charge in [0.05, 0.1) is 4.88 Å². The number of ketones is 1. The molecule has 2 heteroatoms. The Morgan fingerprint density at radius 3 is 2.62 bits per heavy atom. The first-order valence-corrected chi connectivity index (χ1v) is 8.09. The van der Waals surface area contributed by atoms with Gasteiger partial charge in [-0.2, -0.15) is 0 Å². The van der Waals surface area contributed by atoms with E-state index in [0.717, 1.165) is 11.3 Å². The molecule has 0 atom stereocenters. The van der Waals surface area contributed by atoms with Gasteiger partial charge in [-0.25, -0.2) is 0 Å². The third-order valence-electron chi connectivity index (χ3n) is 4.41. The molecule has 0 N–H and O–H groups in total. The summed E-state index contributed by atoms with van der Waals surface area (Å²) >= 11 is 1.60. The second kappa shape index (κ2) is 4.28. The van der Waals surface area contributed by atoms with E-state index in [2.05, 4.69) is 61.7 Å².